The molecule has 0 amide bonds. The zero-order chi connectivity index (χ0) is 5.54. The fourth-order valence-corrected chi connectivity index (χ4v) is 0.140. The molecule has 0 fully saturated rings. The first-order valence-corrected chi connectivity index (χ1v) is 2.05. The van der Waals surface area contributed by atoms with Crippen LogP contribution in [0.1, 0.15) is 0 Å². The first-order valence-electron chi connectivity index (χ1n) is 1.16. The van der Waals surface area contributed by atoms with Crippen LogP contribution in [0.3, 0.4) is 0 Å². The van der Waals surface area contributed by atoms with Gasteiger partial charge in [-0.1, -0.05) is 0 Å². The van der Waals surface area contributed by atoms with Crippen molar-refractivity contribution in [3.63, 3.8) is 0 Å². The molecule has 0 saturated carbocycles. The molecule has 0 aliphatic rings. The van der Waals surface area contributed by atoms with Crippen LogP contribution in [-0.4, -0.2) is 0 Å². The van der Waals surface area contributed by atoms with Gasteiger partial charge in [-0.15, -0.1) is 4.91 Å². The molecule has 0 unspecified atom stereocenters. The van der Waals surface area contributed by atoms with Crippen molar-refractivity contribution in [2.45, 2.75) is 0 Å². The van der Waals surface area contributed by atoms with Crippen molar-refractivity contribution in [1.29, 1.82) is 0 Å². The molecule has 0 radical (unpaired) electrons. The number of nitroso groups, excluding NO2 is 1. The molecular formula is HIN4O2. The van der Waals surface area contributed by atoms with Crippen molar-refractivity contribution >= 4 is 23.0 Å². The van der Waals surface area contributed by atoms with Gasteiger partial charge < -0.3 is 0 Å². The van der Waals surface area contributed by atoms with Gasteiger partial charge in [-0.2, -0.15) is 8.76 Å². The molecule has 0 bridgehead atoms. The summed E-state index contributed by atoms with van der Waals surface area (Å²) in [6, 6.07) is 0. The van der Waals surface area contributed by atoms with E-state index in [1.54, 1.807) is 0 Å². The van der Waals surface area contributed by atoms with E-state index < -0.39 is 0 Å². The molecule has 40 valence electrons. The smallest absolute Gasteiger partial charge is 0.147 e. The molecular weight excluding hydrogens is 215 g/mol. The van der Waals surface area contributed by atoms with Crippen LogP contribution in [0.5, 0.6) is 0 Å². The average molecular weight is 216 g/mol. The van der Waals surface area contributed by atoms with Crippen LogP contribution in [-0.2, 0) is 3.17 Å². The molecule has 0 heterocycles. The first-order chi connectivity index (χ1) is 3.41. The van der Waals surface area contributed by atoms with Gasteiger partial charge in [0.05, 0.1) is 0 Å². The number of hydrogen-bond acceptors (Lipinski definition) is 3. The van der Waals surface area contributed by atoms with Crippen molar-refractivity contribution in [3.05, 3.63) is 4.91 Å². The minimum atomic E-state index is 1.52. The van der Waals surface area contributed by atoms with E-state index in [1.807, 2.05) is 10.9 Å². The van der Waals surface area contributed by atoms with E-state index in [9.17, 15) is 0 Å². The van der Waals surface area contributed by atoms with E-state index in [0.29, 0.717) is 0 Å². The minimum Gasteiger partial charge on any atom is -0.188 e. The van der Waals surface area contributed by atoms with Gasteiger partial charge in [0, 0.05) is 5.22 Å². The maximum Gasteiger partial charge on any atom is 0.147 e. The summed E-state index contributed by atoms with van der Waals surface area (Å²) in [5.41, 5.74) is 1.90. The van der Waals surface area contributed by atoms with Gasteiger partial charge in [-0.3, -0.25) is 0 Å². The molecule has 0 aliphatic heterocycles. The Balaban J connectivity index is 2.92. The minimum absolute atomic E-state index is 1.52. The first kappa shape index (κ1) is 6.69. The molecule has 0 aromatic rings. The van der Waals surface area contributed by atoms with Crippen LogP contribution in [0.25, 0.3) is 0 Å². The number of nitrogens with one attached hydrogen (secondary N) is 1. The zero-order valence-electron chi connectivity index (χ0n) is 3.04. The second kappa shape index (κ2) is 5.69. The van der Waals surface area contributed by atoms with Crippen LogP contribution in [0.15, 0.2) is 15.7 Å². The Morgan fingerprint density at radius 3 is 2.86 bits per heavy atom. The van der Waals surface area contributed by atoms with Crippen LogP contribution in [0.2, 0.25) is 0 Å². The zero-order valence-corrected chi connectivity index (χ0v) is 5.19. The monoisotopic (exact) mass is 216 g/mol. The Labute approximate surface area is 52.9 Å². The quantitative estimate of drug-likeness (QED) is 0.329. The summed E-state index contributed by atoms with van der Waals surface area (Å²) in [5.74, 6) is 0. The summed E-state index contributed by atoms with van der Waals surface area (Å²) < 4.78 is 4.10. The molecule has 0 spiro atoms. The Morgan fingerprint density at radius 1 is 1.71 bits per heavy atom. The second-order valence-electron chi connectivity index (χ2n) is 0.440. The fraction of sp³-hybridized carbons (Fsp3) is 0. The Hall–Kier alpha value is -0.310. The third kappa shape index (κ3) is 5.69. The third-order valence-electron chi connectivity index (χ3n) is 0.157. The molecule has 0 atom stereocenters. The Kier molecular flexibility index (Phi) is 5.44. The summed E-state index contributed by atoms with van der Waals surface area (Å²) in [7, 11) is 0. The summed E-state index contributed by atoms with van der Waals surface area (Å²) >= 11 is 1.52. The van der Waals surface area contributed by atoms with Gasteiger partial charge in [0.15, 0.2) is 0 Å². The number of rotatable bonds is 3. The van der Waals surface area contributed by atoms with E-state index in [4.69, 9.17) is 4.91 Å². The molecule has 1 N–H and O–H groups in total. The Bertz CT molecular complexity index is 70.1. The van der Waals surface area contributed by atoms with E-state index in [1.165, 1.54) is 23.0 Å². The molecule has 0 saturated heterocycles. The average Bonchev–Trinajstić information content (AvgIpc) is 1.69. The van der Waals surface area contributed by atoms with Gasteiger partial charge in [0.1, 0.15) is 28.3 Å². The van der Waals surface area contributed by atoms with Crippen molar-refractivity contribution in [2.75, 3.05) is 0 Å². The highest BCUT2D eigenvalue weighted by atomic mass is 127. The fourth-order valence-electron chi connectivity index (χ4n) is 0.0519. The highest BCUT2D eigenvalue weighted by Crippen LogP contribution is 1.77. The standard InChI is InChI=1S/HIN4O2/c1-7-5-3-2-4-6/h(H,2,5,6). The summed E-state index contributed by atoms with van der Waals surface area (Å²) in [6.07, 6.45) is 0. The molecule has 0 aromatic heterocycles. The molecule has 6 nitrogen and oxygen atoms in total. The number of halogens is 1. The van der Waals surface area contributed by atoms with Gasteiger partial charge in [-0.25, -0.2) is 0 Å². The van der Waals surface area contributed by atoms with E-state index >= 15 is 0 Å². The lowest BCUT2D eigenvalue weighted by molar-refractivity contribution is 0.276. The van der Waals surface area contributed by atoms with Crippen molar-refractivity contribution in [2.24, 2.45) is 15.7 Å². The van der Waals surface area contributed by atoms with Gasteiger partial charge in [0.2, 0.25) is 0 Å². The highest BCUT2D eigenvalue weighted by Gasteiger charge is 1.65. The summed E-state index contributed by atoms with van der Waals surface area (Å²) in [4.78, 5) is 9.07. The van der Waals surface area contributed by atoms with E-state index in [2.05, 4.69) is 13.6 Å². The highest BCUT2D eigenvalue weighted by molar-refractivity contribution is 14.1. The maximum absolute atomic E-state index is 9.07. The predicted molar refractivity (Wildman–Crippen MR) is 28.9 cm³/mol. The topological polar surface area (TPSA) is 75.4 Å². The number of hydrogen-bond donors (Lipinski definition) is 1. The van der Waals surface area contributed by atoms with Crippen LogP contribution in [0, 0.1) is 4.91 Å². The summed E-state index contributed by atoms with van der Waals surface area (Å²) in [6.45, 7) is 0. The molecule has 0 aliphatic carbocycles. The molecule has 7 heteroatoms. The van der Waals surface area contributed by atoms with Crippen molar-refractivity contribution in [1.82, 2.24) is 5.59 Å². The lowest BCUT2D eigenvalue weighted by Crippen LogP contribution is -1.93. The summed E-state index contributed by atoms with van der Waals surface area (Å²) in [5, 5.41) is 7.53. The molecule has 0 rings (SSSR count). The third-order valence-corrected chi connectivity index (χ3v) is 0.354. The van der Waals surface area contributed by atoms with Crippen LogP contribution >= 0.6 is 23.0 Å². The van der Waals surface area contributed by atoms with Gasteiger partial charge in [-0.05, 0) is 5.22 Å². The Morgan fingerprint density at radius 2 is 2.43 bits per heavy atom. The van der Waals surface area contributed by atoms with E-state index in [-0.39, 0.29) is 0 Å². The maximum atomic E-state index is 9.07. The van der Waals surface area contributed by atoms with E-state index in [0.717, 1.165) is 0 Å². The second-order valence-corrected chi connectivity index (χ2v) is 0.880. The number of nitrogens with zero attached hydrogens (tertiary/aromatic N) is 3. The normalized spacial score (nSPS) is 9.29. The van der Waals surface area contributed by atoms with Crippen molar-refractivity contribution in [3.8, 4) is 0 Å². The van der Waals surface area contributed by atoms with Crippen LogP contribution in [0.4, 0.5) is 0 Å². The SMILES string of the molecule is O=NN=NNOI. The largest absolute Gasteiger partial charge is 0.188 e. The van der Waals surface area contributed by atoms with Gasteiger partial charge in [0.25, 0.3) is 0 Å². The predicted octanol–water partition coefficient (Wildman–Crippen LogP) is 0.906. The van der Waals surface area contributed by atoms with Crippen molar-refractivity contribution < 1.29 is 3.17 Å². The van der Waals surface area contributed by atoms with Gasteiger partial charge >= 0.3 is 0 Å². The molecule has 7 heavy (non-hydrogen) atoms. The molecule has 0 aromatic carbocycles. The van der Waals surface area contributed by atoms with Crippen LogP contribution < -0.4 is 5.59 Å². The lowest BCUT2D eigenvalue weighted by atomic mass is 12.5. The lowest BCUT2D eigenvalue weighted by Gasteiger charge is -1.80.